The van der Waals surface area contributed by atoms with E-state index in [1.807, 2.05) is 26.0 Å². The lowest BCUT2D eigenvalue weighted by molar-refractivity contribution is -0.137. The topological polar surface area (TPSA) is 88.5 Å². The Kier molecular flexibility index (Phi) is 6.20. The zero-order chi connectivity index (χ0) is 23.8. The van der Waals surface area contributed by atoms with Crippen molar-refractivity contribution in [2.24, 2.45) is 10.5 Å². The minimum atomic E-state index is -3.55. The summed E-state index contributed by atoms with van der Waals surface area (Å²) in [5.41, 5.74) is 0.637. The Hall–Kier alpha value is -2.91. The van der Waals surface area contributed by atoms with Gasteiger partial charge < -0.3 is 9.47 Å². The fourth-order valence-corrected chi connectivity index (χ4v) is 5.87. The summed E-state index contributed by atoms with van der Waals surface area (Å²) in [7, 11) is -0.404. The van der Waals surface area contributed by atoms with Crippen LogP contribution in [-0.4, -0.2) is 62.7 Å². The molecule has 0 N–H and O–H groups in total. The first-order valence-corrected chi connectivity index (χ1v) is 12.3. The quantitative estimate of drug-likeness (QED) is 0.646. The Labute approximate surface area is 194 Å². The first-order valence-electron chi connectivity index (χ1n) is 10.9. The van der Waals surface area contributed by atoms with Crippen molar-refractivity contribution in [2.75, 3.05) is 27.3 Å². The standard InChI is InChI=1S/C24H29N3O5S/c1-24(2)22(17-10-11-20(31-3)21(16-17)32-4)25-27(23(24)28)18-12-14-26(15-13-18)33(29,30)19-8-6-5-7-9-19/h5-11,16,18H,12-15H2,1-4H3. The maximum absolute atomic E-state index is 13.3. The number of ether oxygens (including phenoxy) is 2. The normalized spacial score (nSPS) is 19.5. The third kappa shape index (κ3) is 4.11. The number of sulfonamides is 1. The number of nitrogens with zero attached hydrogens (tertiary/aromatic N) is 3. The monoisotopic (exact) mass is 471 g/mol. The summed E-state index contributed by atoms with van der Waals surface area (Å²) < 4.78 is 38.1. The number of rotatable bonds is 6. The number of amides is 1. The second-order valence-corrected chi connectivity index (χ2v) is 10.7. The van der Waals surface area contributed by atoms with Crippen molar-refractivity contribution in [2.45, 2.75) is 37.6 Å². The Balaban J connectivity index is 1.55. The van der Waals surface area contributed by atoms with E-state index in [4.69, 9.17) is 14.6 Å². The lowest BCUT2D eigenvalue weighted by Gasteiger charge is -2.34. The molecule has 2 heterocycles. The molecule has 2 aromatic rings. The number of hydrogen-bond acceptors (Lipinski definition) is 6. The van der Waals surface area contributed by atoms with Crippen molar-refractivity contribution in [1.29, 1.82) is 0 Å². The first kappa shape index (κ1) is 23.3. The van der Waals surface area contributed by atoms with Gasteiger partial charge in [-0.25, -0.2) is 13.4 Å². The van der Waals surface area contributed by atoms with Crippen molar-refractivity contribution < 1.29 is 22.7 Å². The second kappa shape index (κ2) is 8.79. The molecule has 33 heavy (non-hydrogen) atoms. The van der Waals surface area contributed by atoms with E-state index in [1.165, 1.54) is 4.31 Å². The number of piperidine rings is 1. The second-order valence-electron chi connectivity index (χ2n) is 8.74. The molecular weight excluding hydrogens is 442 g/mol. The van der Waals surface area contributed by atoms with Gasteiger partial charge in [0.2, 0.25) is 10.0 Å². The lowest BCUT2D eigenvalue weighted by Crippen LogP contribution is -2.47. The van der Waals surface area contributed by atoms with Gasteiger partial charge in [0.1, 0.15) is 0 Å². The molecule has 4 rings (SSSR count). The molecule has 0 bridgehead atoms. The highest BCUT2D eigenvalue weighted by Crippen LogP contribution is 2.38. The van der Waals surface area contributed by atoms with Gasteiger partial charge in [0.05, 0.1) is 36.3 Å². The minimum Gasteiger partial charge on any atom is -0.493 e. The van der Waals surface area contributed by atoms with E-state index in [0.29, 0.717) is 43.1 Å². The number of hydrogen-bond donors (Lipinski definition) is 0. The van der Waals surface area contributed by atoms with Crippen molar-refractivity contribution in [3.05, 3.63) is 54.1 Å². The van der Waals surface area contributed by atoms with Gasteiger partial charge in [0, 0.05) is 18.7 Å². The summed E-state index contributed by atoms with van der Waals surface area (Å²) in [5, 5.41) is 6.28. The molecule has 0 atom stereocenters. The highest BCUT2D eigenvalue weighted by Gasteiger charge is 2.47. The number of carbonyl (C=O) groups is 1. The van der Waals surface area contributed by atoms with Crippen LogP contribution >= 0.6 is 0 Å². The van der Waals surface area contributed by atoms with E-state index < -0.39 is 15.4 Å². The molecule has 0 aliphatic carbocycles. The van der Waals surface area contributed by atoms with Gasteiger partial charge in [0.25, 0.3) is 5.91 Å². The Morgan fingerprint density at radius 3 is 2.21 bits per heavy atom. The molecule has 176 valence electrons. The van der Waals surface area contributed by atoms with Crippen LogP contribution in [0.3, 0.4) is 0 Å². The lowest BCUT2D eigenvalue weighted by atomic mass is 9.83. The molecular formula is C24H29N3O5S. The van der Waals surface area contributed by atoms with E-state index in [0.717, 1.165) is 5.56 Å². The number of hydrazone groups is 1. The van der Waals surface area contributed by atoms with E-state index in [9.17, 15) is 13.2 Å². The third-order valence-electron chi connectivity index (χ3n) is 6.35. The van der Waals surface area contributed by atoms with Gasteiger partial charge >= 0.3 is 0 Å². The molecule has 2 aliphatic rings. The zero-order valence-electron chi connectivity index (χ0n) is 19.3. The summed E-state index contributed by atoms with van der Waals surface area (Å²) in [6, 6.07) is 13.8. The average Bonchev–Trinajstić information content (AvgIpc) is 3.08. The van der Waals surface area contributed by atoms with Gasteiger partial charge in [-0.15, -0.1) is 0 Å². The Morgan fingerprint density at radius 1 is 0.970 bits per heavy atom. The van der Waals surface area contributed by atoms with Gasteiger partial charge in [-0.1, -0.05) is 18.2 Å². The van der Waals surface area contributed by atoms with E-state index in [2.05, 4.69) is 0 Å². The minimum absolute atomic E-state index is 0.0864. The summed E-state index contributed by atoms with van der Waals surface area (Å²) in [5.74, 6) is 1.09. The highest BCUT2D eigenvalue weighted by molar-refractivity contribution is 7.89. The molecule has 0 radical (unpaired) electrons. The van der Waals surface area contributed by atoms with Gasteiger partial charge in [0.15, 0.2) is 11.5 Å². The molecule has 2 aromatic carbocycles. The molecule has 2 aliphatic heterocycles. The van der Waals surface area contributed by atoms with Crippen LogP contribution < -0.4 is 9.47 Å². The predicted molar refractivity (Wildman–Crippen MR) is 125 cm³/mol. The number of benzene rings is 2. The van der Waals surface area contributed by atoms with Gasteiger partial charge in [-0.05, 0) is 57.0 Å². The molecule has 0 aromatic heterocycles. The molecule has 1 fully saturated rings. The van der Waals surface area contributed by atoms with Crippen molar-refractivity contribution in [3.8, 4) is 11.5 Å². The third-order valence-corrected chi connectivity index (χ3v) is 8.26. The van der Waals surface area contributed by atoms with Crippen molar-refractivity contribution >= 4 is 21.6 Å². The maximum Gasteiger partial charge on any atom is 0.254 e. The Bertz CT molecular complexity index is 1170. The van der Waals surface area contributed by atoms with Crippen LogP contribution in [-0.2, 0) is 14.8 Å². The summed E-state index contributed by atoms with van der Waals surface area (Å²) in [6.45, 7) is 4.40. The van der Waals surface area contributed by atoms with Crippen molar-refractivity contribution in [3.63, 3.8) is 0 Å². The predicted octanol–water partition coefficient (Wildman–Crippen LogP) is 3.13. The fourth-order valence-electron chi connectivity index (χ4n) is 4.38. The van der Waals surface area contributed by atoms with E-state index in [-0.39, 0.29) is 16.8 Å². The maximum atomic E-state index is 13.3. The summed E-state index contributed by atoms with van der Waals surface area (Å²) >= 11 is 0. The molecule has 8 nitrogen and oxygen atoms in total. The zero-order valence-corrected chi connectivity index (χ0v) is 20.1. The SMILES string of the molecule is COc1ccc(C2=NN(C3CCN(S(=O)(=O)c4ccccc4)CC3)C(=O)C2(C)C)cc1OC. The average molecular weight is 472 g/mol. The molecule has 0 saturated carbocycles. The Morgan fingerprint density at radius 2 is 1.61 bits per heavy atom. The number of methoxy groups -OCH3 is 2. The van der Waals surface area contributed by atoms with Crippen molar-refractivity contribution in [1.82, 2.24) is 9.31 Å². The van der Waals surface area contributed by atoms with Crippen LogP contribution in [0, 0.1) is 5.41 Å². The molecule has 9 heteroatoms. The number of carbonyl (C=O) groups excluding carboxylic acids is 1. The van der Waals surface area contributed by atoms with Gasteiger partial charge in [-0.2, -0.15) is 9.41 Å². The molecule has 1 saturated heterocycles. The summed E-state index contributed by atoms with van der Waals surface area (Å²) in [4.78, 5) is 13.6. The van der Waals surface area contributed by atoms with Crippen LogP contribution in [0.4, 0.5) is 0 Å². The van der Waals surface area contributed by atoms with Crippen LogP contribution in [0.1, 0.15) is 32.3 Å². The van der Waals surface area contributed by atoms with E-state index in [1.54, 1.807) is 55.6 Å². The summed E-state index contributed by atoms with van der Waals surface area (Å²) in [6.07, 6.45) is 1.05. The van der Waals surface area contributed by atoms with Crippen LogP contribution in [0.2, 0.25) is 0 Å². The van der Waals surface area contributed by atoms with E-state index >= 15 is 0 Å². The van der Waals surface area contributed by atoms with Gasteiger partial charge in [-0.3, -0.25) is 4.79 Å². The molecule has 0 unspecified atom stereocenters. The molecule has 1 amide bonds. The smallest absolute Gasteiger partial charge is 0.254 e. The fraction of sp³-hybridized carbons (Fsp3) is 0.417. The highest BCUT2D eigenvalue weighted by atomic mass is 32.2. The molecule has 0 spiro atoms. The van der Waals surface area contributed by atoms with Crippen LogP contribution in [0.25, 0.3) is 0 Å². The largest absolute Gasteiger partial charge is 0.493 e. The first-order chi connectivity index (χ1) is 15.7. The van der Waals surface area contributed by atoms with Crippen LogP contribution in [0.5, 0.6) is 11.5 Å². The van der Waals surface area contributed by atoms with Crippen LogP contribution in [0.15, 0.2) is 58.5 Å².